The van der Waals surface area contributed by atoms with Crippen LogP contribution in [0.2, 0.25) is 10.0 Å². The number of nitrogens with zero attached hydrogens (tertiary/aromatic N) is 2. The van der Waals surface area contributed by atoms with Gasteiger partial charge in [-0.3, -0.25) is 9.98 Å². The number of fused-ring (bicyclic) bond motifs is 1. The summed E-state index contributed by atoms with van der Waals surface area (Å²) >= 11 is 13.1. The van der Waals surface area contributed by atoms with Crippen LogP contribution in [0.15, 0.2) is 131 Å². The minimum absolute atomic E-state index is 0.114. The SMILES string of the molecule is CCCCCCCCCCCCOc1ccc(N=Cc2ccc(C(=O)Oc3cc4ccccc4cc3OC(=O)c3ccc(C=Nc4ccc(OCCCCCCCCCCCC)c(Cl)c4)cc3)cc2)cc1Cl. The third-order valence-corrected chi connectivity index (χ3v) is 13.2. The molecule has 0 unspecified atom stereocenters. The van der Waals surface area contributed by atoms with Crippen LogP contribution in [-0.2, 0) is 0 Å². The molecule has 10 heteroatoms. The van der Waals surface area contributed by atoms with Crippen molar-refractivity contribution in [1.29, 1.82) is 0 Å². The van der Waals surface area contributed by atoms with Crippen molar-refractivity contribution >= 4 is 69.7 Å². The Kier molecular flexibility index (Phi) is 24.2. The monoisotopic (exact) mass is 1010 g/mol. The van der Waals surface area contributed by atoms with E-state index >= 15 is 0 Å². The summed E-state index contributed by atoms with van der Waals surface area (Å²) in [5.41, 5.74) is 3.54. The molecule has 0 aliphatic rings. The Hall–Kier alpha value is -5.96. The summed E-state index contributed by atoms with van der Waals surface area (Å²) in [7, 11) is 0. The molecular formula is C62H72Cl2N2O6. The van der Waals surface area contributed by atoms with Crippen molar-refractivity contribution in [3.63, 3.8) is 0 Å². The van der Waals surface area contributed by atoms with Crippen molar-refractivity contribution in [1.82, 2.24) is 0 Å². The first-order chi connectivity index (χ1) is 35.3. The van der Waals surface area contributed by atoms with Gasteiger partial charge in [-0.1, -0.05) is 201 Å². The molecule has 72 heavy (non-hydrogen) atoms. The van der Waals surface area contributed by atoms with Crippen molar-refractivity contribution in [3.8, 4) is 23.0 Å². The van der Waals surface area contributed by atoms with Crippen LogP contribution in [0.3, 0.4) is 0 Å². The first-order valence-electron chi connectivity index (χ1n) is 26.4. The fourth-order valence-electron chi connectivity index (χ4n) is 8.30. The minimum atomic E-state index is -0.609. The van der Waals surface area contributed by atoms with Crippen molar-refractivity contribution in [3.05, 3.63) is 154 Å². The lowest BCUT2D eigenvalue weighted by Crippen LogP contribution is -2.13. The number of unbranched alkanes of at least 4 members (excludes halogenated alkanes) is 18. The zero-order chi connectivity index (χ0) is 50.6. The lowest BCUT2D eigenvalue weighted by atomic mass is 10.1. The van der Waals surface area contributed by atoms with E-state index in [1.165, 1.54) is 103 Å². The first-order valence-corrected chi connectivity index (χ1v) is 27.2. The molecule has 0 aliphatic carbocycles. The quantitative estimate of drug-likeness (QED) is 0.0181. The first kappa shape index (κ1) is 55.4. The van der Waals surface area contributed by atoms with Crippen LogP contribution in [-0.4, -0.2) is 37.6 Å². The maximum atomic E-state index is 13.5. The Morgan fingerprint density at radius 2 is 0.764 bits per heavy atom. The molecule has 0 fully saturated rings. The molecule has 0 atom stereocenters. The number of carbonyl (C=O) groups is 2. The molecule has 8 nitrogen and oxygen atoms in total. The molecule has 0 aromatic heterocycles. The summed E-state index contributed by atoms with van der Waals surface area (Å²) in [5, 5.41) is 2.65. The number of carbonyl (C=O) groups excluding carboxylic acids is 2. The van der Waals surface area contributed by atoms with Crippen molar-refractivity contribution in [2.24, 2.45) is 9.98 Å². The number of hydrogen-bond acceptors (Lipinski definition) is 8. The summed E-state index contributed by atoms with van der Waals surface area (Å²) in [4.78, 5) is 36.2. The fraction of sp³-hybridized carbons (Fsp3) is 0.387. The standard InChI is InChI=1S/C62H72Cl2N2O6/c1-3-5-7-9-11-13-15-17-19-23-39-69-57-37-35-53(43-55(57)63)65-45-47-27-31-49(32-28-47)61(67)71-59-41-51-25-21-22-26-52(51)42-60(59)72-62(68)50-33-29-48(30-34-50)46-66-54-36-38-58(56(64)44-54)70-40-24-20-18-16-14-12-10-8-6-4-2/h21-22,25-38,41-46H,3-20,23-24,39-40H2,1-2H3. The van der Waals surface area contributed by atoms with Crippen molar-refractivity contribution in [2.75, 3.05) is 13.2 Å². The molecule has 380 valence electrons. The maximum absolute atomic E-state index is 13.5. The molecule has 6 aromatic rings. The van der Waals surface area contributed by atoms with Crippen molar-refractivity contribution < 1.29 is 28.5 Å². The van der Waals surface area contributed by atoms with E-state index in [2.05, 4.69) is 23.8 Å². The topological polar surface area (TPSA) is 95.8 Å². The maximum Gasteiger partial charge on any atom is 0.343 e. The van der Waals surface area contributed by atoms with Gasteiger partial charge in [-0.25, -0.2) is 9.59 Å². The van der Waals surface area contributed by atoms with Gasteiger partial charge in [0.25, 0.3) is 0 Å². The number of ether oxygens (including phenoxy) is 4. The zero-order valence-corrected chi connectivity index (χ0v) is 43.9. The largest absolute Gasteiger partial charge is 0.492 e. The molecule has 0 bridgehead atoms. The number of aliphatic imine (C=N–C) groups is 2. The third kappa shape index (κ3) is 19.2. The van der Waals surface area contributed by atoms with E-state index in [0.29, 0.717) is 57.3 Å². The Morgan fingerprint density at radius 3 is 1.11 bits per heavy atom. The van der Waals surface area contributed by atoms with E-state index < -0.39 is 11.9 Å². The number of rotatable bonds is 32. The molecule has 0 aliphatic heterocycles. The highest BCUT2D eigenvalue weighted by Crippen LogP contribution is 2.35. The molecule has 0 radical (unpaired) electrons. The zero-order valence-electron chi connectivity index (χ0n) is 42.4. The average Bonchev–Trinajstić information content (AvgIpc) is 3.39. The van der Waals surface area contributed by atoms with Gasteiger partial charge in [-0.2, -0.15) is 0 Å². The van der Waals surface area contributed by atoms with Crippen LogP contribution in [0.1, 0.15) is 174 Å². The van der Waals surface area contributed by atoms with E-state index in [0.717, 1.165) is 47.6 Å². The minimum Gasteiger partial charge on any atom is -0.492 e. The van der Waals surface area contributed by atoms with Gasteiger partial charge in [0.05, 0.1) is 45.8 Å². The highest BCUT2D eigenvalue weighted by atomic mass is 35.5. The molecule has 6 rings (SSSR count). The summed E-state index contributed by atoms with van der Waals surface area (Å²) < 4.78 is 23.7. The number of hydrogen-bond donors (Lipinski definition) is 0. The second-order valence-electron chi connectivity index (χ2n) is 18.5. The molecule has 0 saturated heterocycles. The van der Waals surface area contributed by atoms with E-state index in [-0.39, 0.29) is 11.5 Å². The summed E-state index contributed by atoms with van der Waals surface area (Å²) in [6, 6.07) is 35.7. The van der Waals surface area contributed by atoms with Gasteiger partial charge < -0.3 is 18.9 Å². The van der Waals surface area contributed by atoms with Gasteiger partial charge in [0.2, 0.25) is 0 Å². The van der Waals surface area contributed by atoms with Gasteiger partial charge in [-0.05, 0) is 108 Å². The van der Waals surface area contributed by atoms with Gasteiger partial charge in [0, 0.05) is 12.4 Å². The van der Waals surface area contributed by atoms with Crippen molar-refractivity contribution in [2.45, 2.75) is 142 Å². The van der Waals surface area contributed by atoms with Crippen LogP contribution in [0.25, 0.3) is 10.8 Å². The van der Waals surface area contributed by atoms with E-state index in [9.17, 15) is 9.59 Å². The smallest absolute Gasteiger partial charge is 0.343 e. The van der Waals surface area contributed by atoms with Gasteiger partial charge in [0.1, 0.15) is 11.5 Å². The Labute approximate surface area is 438 Å². The highest BCUT2D eigenvalue weighted by molar-refractivity contribution is 6.32. The molecule has 0 amide bonds. The molecule has 0 spiro atoms. The normalized spacial score (nSPS) is 11.4. The lowest BCUT2D eigenvalue weighted by molar-refractivity contribution is 0.0683. The van der Waals surface area contributed by atoms with E-state index in [4.69, 9.17) is 42.1 Å². The molecular weight excluding hydrogens is 940 g/mol. The summed E-state index contributed by atoms with van der Waals surface area (Å²) in [5.74, 6) is 0.315. The lowest BCUT2D eigenvalue weighted by Gasteiger charge is -2.12. The summed E-state index contributed by atoms with van der Waals surface area (Å²) in [6.07, 6.45) is 28.8. The third-order valence-electron chi connectivity index (χ3n) is 12.6. The average molecular weight is 1010 g/mol. The fourth-order valence-corrected chi connectivity index (χ4v) is 8.76. The second-order valence-corrected chi connectivity index (χ2v) is 19.3. The Balaban J connectivity index is 0.964. The van der Waals surface area contributed by atoms with Gasteiger partial charge >= 0.3 is 11.9 Å². The van der Waals surface area contributed by atoms with Crippen LogP contribution in [0.5, 0.6) is 23.0 Å². The van der Waals surface area contributed by atoms with Gasteiger partial charge in [0.15, 0.2) is 11.5 Å². The van der Waals surface area contributed by atoms with Gasteiger partial charge in [-0.15, -0.1) is 0 Å². The van der Waals surface area contributed by atoms with Crippen LogP contribution >= 0.6 is 23.2 Å². The Bertz CT molecular complexity index is 2470. The van der Waals surface area contributed by atoms with Crippen LogP contribution in [0.4, 0.5) is 11.4 Å². The predicted octanol–water partition coefficient (Wildman–Crippen LogP) is 18.7. The number of esters is 2. The molecule has 0 saturated carbocycles. The van der Waals surface area contributed by atoms with Crippen LogP contribution < -0.4 is 18.9 Å². The van der Waals surface area contributed by atoms with Crippen LogP contribution in [0, 0.1) is 0 Å². The summed E-state index contributed by atoms with van der Waals surface area (Å²) in [6.45, 7) is 5.78. The second kappa shape index (κ2) is 31.5. The molecule has 0 N–H and O–H groups in total. The molecule has 6 aromatic carbocycles. The van der Waals surface area contributed by atoms with E-state index in [1.54, 1.807) is 85.2 Å². The number of benzene rings is 6. The predicted molar refractivity (Wildman–Crippen MR) is 299 cm³/mol. The van der Waals surface area contributed by atoms with E-state index in [1.807, 2.05) is 48.5 Å². The Morgan fingerprint density at radius 1 is 0.417 bits per heavy atom. The molecule has 0 heterocycles. The number of halogens is 2. The highest BCUT2D eigenvalue weighted by Gasteiger charge is 2.18.